The average molecular weight is 292 g/mol. The molecule has 1 N–H and O–H groups in total. The molecule has 0 aliphatic carbocycles. The van der Waals surface area contributed by atoms with Crippen LogP contribution in [0.15, 0.2) is 48.5 Å². The monoisotopic (exact) mass is 292 g/mol. The highest BCUT2D eigenvalue weighted by molar-refractivity contribution is 5.88. The molecule has 0 radical (unpaired) electrons. The van der Waals surface area contributed by atoms with E-state index >= 15 is 0 Å². The molecule has 0 bridgehead atoms. The number of hydrogen-bond donors (Lipinski definition) is 1. The molecule has 0 atom stereocenters. The standard InChI is InChI=1S/C19H20N2O/c1-20-11-9-16-17-13-15(22)7-8-18(17)21(19(16)10-12-20)14-5-3-2-4-6-14/h2-8,13,22H,9-12H2,1H3. The predicted molar refractivity (Wildman–Crippen MR) is 89.8 cm³/mol. The average Bonchev–Trinajstić information content (AvgIpc) is 2.71. The van der Waals surface area contributed by atoms with Crippen LogP contribution in [0, 0.1) is 0 Å². The number of para-hydroxylation sites is 1. The number of rotatable bonds is 1. The molecule has 4 rings (SSSR count). The molecule has 22 heavy (non-hydrogen) atoms. The molecule has 1 aliphatic rings. The molecule has 1 aliphatic heterocycles. The first-order valence-electron chi connectivity index (χ1n) is 7.83. The third-order valence-electron chi connectivity index (χ3n) is 4.65. The van der Waals surface area contributed by atoms with Crippen LogP contribution in [-0.2, 0) is 12.8 Å². The second-order valence-electron chi connectivity index (χ2n) is 6.10. The minimum atomic E-state index is 0.345. The summed E-state index contributed by atoms with van der Waals surface area (Å²) >= 11 is 0. The normalized spacial score (nSPS) is 15.7. The second kappa shape index (κ2) is 5.18. The van der Waals surface area contributed by atoms with Gasteiger partial charge < -0.3 is 14.6 Å². The van der Waals surface area contributed by atoms with E-state index in [2.05, 4.69) is 40.8 Å². The van der Waals surface area contributed by atoms with Crippen molar-refractivity contribution in [1.82, 2.24) is 9.47 Å². The number of fused-ring (bicyclic) bond motifs is 3. The van der Waals surface area contributed by atoms with Gasteiger partial charge in [0.15, 0.2) is 0 Å². The lowest BCUT2D eigenvalue weighted by atomic mass is 10.1. The zero-order valence-corrected chi connectivity index (χ0v) is 12.8. The summed E-state index contributed by atoms with van der Waals surface area (Å²) in [5.41, 5.74) is 5.16. The van der Waals surface area contributed by atoms with Crippen molar-refractivity contribution in [3.05, 3.63) is 59.8 Å². The predicted octanol–water partition coefficient (Wildman–Crippen LogP) is 3.37. The van der Waals surface area contributed by atoms with Crippen LogP contribution >= 0.6 is 0 Å². The Labute approximate surface area is 130 Å². The van der Waals surface area contributed by atoms with Crippen LogP contribution < -0.4 is 0 Å². The van der Waals surface area contributed by atoms with Gasteiger partial charge in [0.05, 0.1) is 5.52 Å². The molecular weight excluding hydrogens is 272 g/mol. The molecular formula is C19H20N2O. The van der Waals surface area contributed by atoms with Gasteiger partial charge >= 0.3 is 0 Å². The Morgan fingerprint density at radius 2 is 1.73 bits per heavy atom. The highest BCUT2D eigenvalue weighted by atomic mass is 16.3. The first-order valence-corrected chi connectivity index (χ1v) is 7.83. The van der Waals surface area contributed by atoms with Crippen molar-refractivity contribution in [3.8, 4) is 11.4 Å². The van der Waals surface area contributed by atoms with E-state index in [0.717, 1.165) is 25.9 Å². The highest BCUT2D eigenvalue weighted by Gasteiger charge is 2.21. The van der Waals surface area contributed by atoms with Gasteiger partial charge in [-0.05, 0) is 49.4 Å². The van der Waals surface area contributed by atoms with Gasteiger partial charge in [-0.3, -0.25) is 0 Å². The molecule has 0 amide bonds. The topological polar surface area (TPSA) is 28.4 Å². The summed E-state index contributed by atoms with van der Waals surface area (Å²) in [6.07, 6.45) is 2.07. The fourth-order valence-electron chi connectivity index (χ4n) is 3.52. The van der Waals surface area contributed by atoms with Gasteiger partial charge in [-0.1, -0.05) is 18.2 Å². The smallest absolute Gasteiger partial charge is 0.116 e. The second-order valence-corrected chi connectivity index (χ2v) is 6.10. The number of hydrogen-bond acceptors (Lipinski definition) is 2. The van der Waals surface area contributed by atoms with E-state index in [1.165, 1.54) is 27.8 Å². The van der Waals surface area contributed by atoms with Crippen LogP contribution in [0.5, 0.6) is 5.75 Å². The molecule has 0 unspecified atom stereocenters. The van der Waals surface area contributed by atoms with Gasteiger partial charge in [-0.25, -0.2) is 0 Å². The van der Waals surface area contributed by atoms with Crippen LogP contribution in [-0.4, -0.2) is 34.7 Å². The molecule has 2 aromatic carbocycles. The maximum absolute atomic E-state index is 9.91. The summed E-state index contributed by atoms with van der Waals surface area (Å²) < 4.78 is 2.36. The lowest BCUT2D eigenvalue weighted by Crippen LogP contribution is -2.21. The number of phenolic OH excluding ortho intramolecular Hbond substituents is 1. The Hall–Kier alpha value is -2.26. The van der Waals surface area contributed by atoms with Crippen molar-refractivity contribution in [1.29, 1.82) is 0 Å². The Bertz CT molecular complexity index is 820. The van der Waals surface area contributed by atoms with Crippen LogP contribution in [0.4, 0.5) is 0 Å². The van der Waals surface area contributed by atoms with Crippen molar-refractivity contribution >= 4 is 10.9 Å². The van der Waals surface area contributed by atoms with Crippen molar-refractivity contribution in [3.63, 3.8) is 0 Å². The Balaban J connectivity index is 2.03. The van der Waals surface area contributed by atoms with E-state index in [9.17, 15) is 5.11 Å². The summed E-state index contributed by atoms with van der Waals surface area (Å²) in [6, 6.07) is 16.3. The van der Waals surface area contributed by atoms with Gasteiger partial charge in [0.25, 0.3) is 0 Å². The quantitative estimate of drug-likeness (QED) is 0.745. The first-order chi connectivity index (χ1) is 10.7. The Morgan fingerprint density at radius 1 is 0.955 bits per heavy atom. The van der Waals surface area contributed by atoms with Crippen LogP contribution in [0.1, 0.15) is 11.3 Å². The molecule has 1 aromatic heterocycles. The van der Waals surface area contributed by atoms with E-state index in [0.29, 0.717) is 5.75 Å². The maximum Gasteiger partial charge on any atom is 0.116 e. The lowest BCUT2D eigenvalue weighted by molar-refractivity contribution is 0.351. The summed E-state index contributed by atoms with van der Waals surface area (Å²) in [5.74, 6) is 0.345. The van der Waals surface area contributed by atoms with Gasteiger partial charge in [-0.2, -0.15) is 0 Å². The molecule has 0 spiro atoms. The van der Waals surface area contributed by atoms with Crippen molar-refractivity contribution in [2.75, 3.05) is 20.1 Å². The van der Waals surface area contributed by atoms with E-state index in [1.54, 1.807) is 6.07 Å². The maximum atomic E-state index is 9.91. The molecule has 112 valence electrons. The van der Waals surface area contributed by atoms with Crippen molar-refractivity contribution in [2.24, 2.45) is 0 Å². The summed E-state index contributed by atoms with van der Waals surface area (Å²) in [4.78, 5) is 2.38. The molecule has 0 fully saturated rings. The van der Waals surface area contributed by atoms with E-state index in [4.69, 9.17) is 0 Å². The third-order valence-corrected chi connectivity index (χ3v) is 4.65. The zero-order valence-electron chi connectivity index (χ0n) is 12.8. The molecule has 2 heterocycles. The van der Waals surface area contributed by atoms with Crippen molar-refractivity contribution < 1.29 is 5.11 Å². The number of nitrogens with zero attached hydrogens (tertiary/aromatic N) is 2. The number of phenols is 1. The fraction of sp³-hybridized carbons (Fsp3) is 0.263. The fourth-order valence-corrected chi connectivity index (χ4v) is 3.52. The van der Waals surface area contributed by atoms with E-state index < -0.39 is 0 Å². The minimum Gasteiger partial charge on any atom is -0.508 e. The largest absolute Gasteiger partial charge is 0.508 e. The number of aromatic hydroxyl groups is 1. The van der Waals surface area contributed by atoms with Crippen LogP contribution in [0.2, 0.25) is 0 Å². The molecule has 3 aromatic rings. The van der Waals surface area contributed by atoms with Gasteiger partial charge in [0.2, 0.25) is 0 Å². The van der Waals surface area contributed by atoms with E-state index in [-0.39, 0.29) is 0 Å². The van der Waals surface area contributed by atoms with Gasteiger partial charge in [0.1, 0.15) is 5.75 Å². The SMILES string of the molecule is CN1CCc2c(n(-c3ccccc3)c3ccc(O)cc23)CC1. The Kier molecular flexibility index (Phi) is 3.16. The summed E-state index contributed by atoms with van der Waals surface area (Å²) in [5, 5.41) is 11.1. The summed E-state index contributed by atoms with van der Waals surface area (Å²) in [7, 11) is 2.18. The van der Waals surface area contributed by atoms with Crippen LogP contribution in [0.3, 0.4) is 0 Å². The third kappa shape index (κ3) is 2.09. The lowest BCUT2D eigenvalue weighted by Gasteiger charge is -2.14. The molecule has 0 saturated carbocycles. The molecule has 0 saturated heterocycles. The summed E-state index contributed by atoms with van der Waals surface area (Å²) in [6.45, 7) is 2.14. The number of aromatic nitrogens is 1. The Morgan fingerprint density at radius 3 is 2.55 bits per heavy atom. The zero-order chi connectivity index (χ0) is 15.1. The van der Waals surface area contributed by atoms with Crippen molar-refractivity contribution in [2.45, 2.75) is 12.8 Å². The molecule has 3 nitrogen and oxygen atoms in total. The number of benzene rings is 2. The number of likely N-dealkylation sites (N-methyl/N-ethyl adjacent to an activating group) is 1. The van der Waals surface area contributed by atoms with Gasteiger partial charge in [0, 0.05) is 36.3 Å². The van der Waals surface area contributed by atoms with E-state index in [1.807, 2.05) is 18.2 Å². The highest BCUT2D eigenvalue weighted by Crippen LogP contribution is 2.33. The van der Waals surface area contributed by atoms with Crippen LogP contribution in [0.25, 0.3) is 16.6 Å². The minimum absolute atomic E-state index is 0.345. The molecule has 3 heteroatoms. The van der Waals surface area contributed by atoms with Gasteiger partial charge in [-0.15, -0.1) is 0 Å². The first kappa shape index (κ1) is 13.4.